The third-order valence-corrected chi connectivity index (χ3v) is 8.64. The molecule has 0 saturated carbocycles. The van der Waals surface area contributed by atoms with Crippen molar-refractivity contribution in [1.29, 1.82) is 0 Å². The number of nitrogens with two attached hydrogens (primary N) is 1. The van der Waals surface area contributed by atoms with Crippen molar-refractivity contribution in [2.24, 2.45) is 0 Å². The number of aromatic amines is 1. The molecule has 3 aromatic heterocycles. The summed E-state index contributed by atoms with van der Waals surface area (Å²) in [4.78, 5) is 16.6. The van der Waals surface area contributed by atoms with E-state index in [1.54, 1.807) is 12.1 Å². The quantitative estimate of drug-likeness (QED) is 0.215. The molecule has 3 heterocycles. The highest BCUT2D eigenvalue weighted by Gasteiger charge is 2.27. The fourth-order valence-corrected chi connectivity index (χ4v) is 5.62. The molecule has 0 fully saturated rings. The number of hydrogen-bond donors (Lipinski definition) is 3. The maximum absolute atomic E-state index is 13.7. The summed E-state index contributed by atoms with van der Waals surface area (Å²) in [5, 5.41) is 12.7. The van der Waals surface area contributed by atoms with Crippen molar-refractivity contribution in [2.75, 3.05) is 30.4 Å². The average Bonchev–Trinajstić information content (AvgIpc) is 3.58. The third-order valence-electron chi connectivity index (χ3n) is 7.45. The predicted octanol–water partition coefficient (Wildman–Crippen LogP) is 5.49. The van der Waals surface area contributed by atoms with Gasteiger partial charge < -0.3 is 20.5 Å². The summed E-state index contributed by atoms with van der Waals surface area (Å²) < 4.78 is 46.5. The number of H-pyrrole nitrogens is 1. The normalized spacial score (nSPS) is 11.7. The zero-order valence-corrected chi connectivity index (χ0v) is 24.5. The number of nitrogen functional groups attached to an aromatic ring is 1. The number of nitrogens with one attached hydrogen (secondary N) is 2. The van der Waals surface area contributed by atoms with Gasteiger partial charge in [-0.3, -0.25) is 9.10 Å². The number of aryl methyl sites for hydroxylation is 1. The van der Waals surface area contributed by atoms with Crippen LogP contribution in [0.4, 0.5) is 15.8 Å². The molecule has 0 radical (unpaired) electrons. The van der Waals surface area contributed by atoms with Crippen LogP contribution < -0.4 is 15.4 Å². The summed E-state index contributed by atoms with van der Waals surface area (Å²) in [7, 11) is -0.810. The summed E-state index contributed by atoms with van der Waals surface area (Å²) >= 11 is 0. The van der Waals surface area contributed by atoms with Gasteiger partial charge in [-0.1, -0.05) is 6.07 Å². The van der Waals surface area contributed by atoms with E-state index in [0.717, 1.165) is 32.7 Å². The van der Waals surface area contributed by atoms with Gasteiger partial charge in [-0.15, -0.1) is 0 Å². The second kappa shape index (κ2) is 10.2. The second-order valence-corrected chi connectivity index (χ2v) is 12.2. The molecule has 0 aliphatic carbocycles. The highest BCUT2D eigenvalue weighted by molar-refractivity contribution is 7.92. The highest BCUT2D eigenvalue weighted by Crippen LogP contribution is 2.41. The number of benzene rings is 3. The number of fused-ring (bicyclic) bond motifs is 2. The van der Waals surface area contributed by atoms with Gasteiger partial charge in [0.25, 0.3) is 5.91 Å². The first kappa shape index (κ1) is 27.9. The minimum Gasteiger partial charge on any atom is -0.455 e. The monoisotopic (exact) mass is 598 g/mol. The molecule has 0 spiro atoms. The van der Waals surface area contributed by atoms with Crippen LogP contribution in [0.2, 0.25) is 0 Å². The van der Waals surface area contributed by atoms with Crippen molar-refractivity contribution in [1.82, 2.24) is 20.5 Å². The maximum Gasteiger partial charge on any atom is 0.255 e. The molecule has 43 heavy (non-hydrogen) atoms. The van der Waals surface area contributed by atoms with E-state index in [1.165, 1.54) is 38.4 Å². The molecule has 0 saturated heterocycles. The number of amides is 1. The lowest BCUT2D eigenvalue weighted by molar-refractivity contribution is 0.0964. The van der Waals surface area contributed by atoms with Gasteiger partial charge in [0.1, 0.15) is 17.2 Å². The fraction of sp³-hybridized carbons (Fsp3) is 0.129. The van der Waals surface area contributed by atoms with Crippen molar-refractivity contribution >= 4 is 49.2 Å². The Hall–Kier alpha value is -5.23. The first-order chi connectivity index (χ1) is 20.5. The number of hydrogen-bond acceptors (Lipinski definition) is 7. The molecule has 10 nitrogen and oxygen atoms in total. The van der Waals surface area contributed by atoms with Crippen molar-refractivity contribution in [3.05, 3.63) is 83.8 Å². The molecule has 1 amide bonds. The zero-order chi connectivity index (χ0) is 30.6. The van der Waals surface area contributed by atoms with Crippen LogP contribution in [-0.4, -0.2) is 49.9 Å². The number of carbonyl (C=O) groups is 1. The van der Waals surface area contributed by atoms with Gasteiger partial charge in [-0.2, -0.15) is 10.2 Å². The highest BCUT2D eigenvalue weighted by atomic mass is 32.2. The topological polar surface area (TPSA) is 147 Å². The smallest absolute Gasteiger partial charge is 0.255 e. The number of nitrogens with zero attached hydrogens (tertiary/aromatic N) is 3. The van der Waals surface area contributed by atoms with Crippen LogP contribution in [0.3, 0.4) is 0 Å². The van der Waals surface area contributed by atoms with Gasteiger partial charge in [0.15, 0.2) is 0 Å². The molecule has 12 heteroatoms. The zero-order valence-electron chi connectivity index (χ0n) is 23.7. The van der Waals surface area contributed by atoms with Crippen molar-refractivity contribution in [2.45, 2.75) is 6.92 Å². The van der Waals surface area contributed by atoms with Crippen molar-refractivity contribution in [3.8, 4) is 33.8 Å². The molecule has 3 aromatic carbocycles. The van der Waals surface area contributed by atoms with E-state index in [9.17, 15) is 17.6 Å². The number of halogens is 1. The summed E-state index contributed by atoms with van der Waals surface area (Å²) in [5.41, 5.74) is 11.8. The summed E-state index contributed by atoms with van der Waals surface area (Å²) in [6, 6.07) is 18.1. The SMILES string of the molecule is CNC(=O)c1c(-c2ccc(F)cc2)oc2cc(N(C)S(C)(=O)=O)c(-c3cc(-c4cc5c(N)cccc5[nH]4)c(C)nn3)cc12. The van der Waals surface area contributed by atoms with E-state index in [4.69, 9.17) is 10.2 Å². The summed E-state index contributed by atoms with van der Waals surface area (Å²) in [6.07, 6.45) is 1.09. The Morgan fingerprint density at radius 2 is 1.77 bits per heavy atom. The van der Waals surface area contributed by atoms with Gasteiger partial charge in [-0.25, -0.2) is 12.8 Å². The second-order valence-electron chi connectivity index (χ2n) is 10.2. The van der Waals surface area contributed by atoms with Crippen LogP contribution in [0.5, 0.6) is 0 Å². The number of carbonyl (C=O) groups excluding carboxylic acids is 1. The Kier molecular flexibility index (Phi) is 6.65. The number of anilines is 2. The minimum absolute atomic E-state index is 0.213. The van der Waals surface area contributed by atoms with Crippen LogP contribution in [0.15, 0.2) is 71.1 Å². The molecule has 0 atom stereocenters. The molecule has 218 valence electrons. The first-order valence-corrected chi connectivity index (χ1v) is 15.1. The van der Waals surface area contributed by atoms with Gasteiger partial charge in [0, 0.05) is 64.5 Å². The van der Waals surface area contributed by atoms with Crippen LogP contribution in [0.25, 0.3) is 55.7 Å². The predicted molar refractivity (Wildman–Crippen MR) is 166 cm³/mol. The van der Waals surface area contributed by atoms with E-state index >= 15 is 0 Å². The molecule has 0 unspecified atom stereocenters. The average molecular weight is 599 g/mol. The van der Waals surface area contributed by atoms with E-state index in [-0.39, 0.29) is 22.6 Å². The Labute approximate surface area is 246 Å². The lowest BCUT2D eigenvalue weighted by Crippen LogP contribution is -2.25. The first-order valence-electron chi connectivity index (χ1n) is 13.2. The lowest BCUT2D eigenvalue weighted by atomic mass is 9.99. The van der Waals surface area contributed by atoms with Crippen molar-refractivity contribution in [3.63, 3.8) is 0 Å². The van der Waals surface area contributed by atoms with Crippen LogP contribution in [0.1, 0.15) is 16.1 Å². The molecule has 6 aromatic rings. The number of aromatic nitrogens is 3. The van der Waals surface area contributed by atoms with E-state index in [2.05, 4.69) is 20.5 Å². The number of rotatable bonds is 6. The van der Waals surface area contributed by atoms with E-state index < -0.39 is 21.7 Å². The van der Waals surface area contributed by atoms with Crippen LogP contribution in [-0.2, 0) is 10.0 Å². The van der Waals surface area contributed by atoms with Crippen molar-refractivity contribution < 1.29 is 22.0 Å². The Bertz CT molecular complexity index is 2170. The molecule has 0 bridgehead atoms. The van der Waals surface area contributed by atoms with Gasteiger partial charge in [0.2, 0.25) is 10.0 Å². The molecular formula is C31H27FN6O4S. The van der Waals surface area contributed by atoms with Crippen LogP contribution >= 0.6 is 0 Å². The molecule has 4 N–H and O–H groups in total. The van der Waals surface area contributed by atoms with Gasteiger partial charge >= 0.3 is 0 Å². The minimum atomic E-state index is -3.73. The summed E-state index contributed by atoms with van der Waals surface area (Å²) in [6.45, 7) is 1.82. The Morgan fingerprint density at radius 3 is 2.44 bits per heavy atom. The van der Waals surface area contributed by atoms with Gasteiger partial charge in [0.05, 0.1) is 28.9 Å². The summed E-state index contributed by atoms with van der Waals surface area (Å²) in [5.74, 6) is -0.655. The number of sulfonamides is 1. The Morgan fingerprint density at radius 1 is 1.02 bits per heavy atom. The molecule has 0 aliphatic rings. The van der Waals surface area contributed by atoms with Gasteiger partial charge in [-0.05, 0) is 61.5 Å². The van der Waals surface area contributed by atoms with Crippen LogP contribution in [0, 0.1) is 12.7 Å². The number of furan rings is 1. The van der Waals surface area contributed by atoms with E-state index in [0.29, 0.717) is 33.6 Å². The Balaban J connectivity index is 1.63. The molecular weight excluding hydrogens is 571 g/mol. The fourth-order valence-electron chi connectivity index (χ4n) is 5.11. The standard InChI is InChI=1S/C31H27FN6O4S/c1-16-19(25-14-20-23(33)6-5-7-24(20)35-25)13-26(37-36-16)21-12-22-28(15-27(21)38(3)43(4,40)41)42-30(29(22)31(39)34-2)17-8-10-18(32)11-9-17/h5-15,35H,33H2,1-4H3,(H,34,39). The molecule has 0 aliphatic heterocycles. The van der Waals surface area contributed by atoms with E-state index in [1.807, 2.05) is 37.3 Å². The largest absolute Gasteiger partial charge is 0.455 e. The molecule has 6 rings (SSSR count). The lowest BCUT2D eigenvalue weighted by Gasteiger charge is -2.20. The third kappa shape index (κ3) is 4.85. The maximum atomic E-state index is 13.7.